The molecule has 0 spiro atoms. The molecule has 0 bridgehead atoms. The number of ketones is 1. The standard InChI is InChI=1S/C20H30N2O6/c1-3-27-19(25)12-10-8-6-5-7-9-11-16(23)15-18(24)17(22-21)13-14-20(26)28-4-2/h5,7,9,11,16,23H,3-4,6,8,10,12-15H2,1-2H3/b7-5-,11-9+. The third-order valence-electron chi connectivity index (χ3n) is 3.60. The second kappa shape index (κ2) is 16.6. The molecule has 0 fully saturated rings. The fourth-order valence-corrected chi connectivity index (χ4v) is 2.21. The summed E-state index contributed by atoms with van der Waals surface area (Å²) in [4.78, 5) is 37.3. The molecule has 0 aromatic carbocycles. The molecule has 8 heteroatoms. The van der Waals surface area contributed by atoms with Crippen molar-refractivity contribution in [3.8, 4) is 0 Å². The molecule has 0 amide bonds. The molecule has 0 aromatic heterocycles. The minimum Gasteiger partial charge on any atom is -0.466 e. The zero-order valence-corrected chi connectivity index (χ0v) is 16.6. The first-order chi connectivity index (χ1) is 13.4. The molecule has 0 aliphatic heterocycles. The number of hydrogen-bond acceptors (Lipinski definition) is 6. The van der Waals surface area contributed by atoms with Crippen molar-refractivity contribution >= 4 is 23.4 Å². The molecular weight excluding hydrogens is 364 g/mol. The minimum absolute atomic E-state index is 0.0453. The number of aliphatic hydroxyl groups excluding tert-OH is 1. The number of aliphatic hydroxyl groups is 1. The monoisotopic (exact) mass is 394 g/mol. The Bertz CT molecular complexity index is 606. The summed E-state index contributed by atoms with van der Waals surface area (Å²) in [5.41, 5.74) is 8.74. The molecule has 0 rings (SSSR count). The first-order valence-corrected chi connectivity index (χ1v) is 9.51. The van der Waals surface area contributed by atoms with Gasteiger partial charge in [0.25, 0.3) is 0 Å². The molecule has 0 saturated heterocycles. The van der Waals surface area contributed by atoms with Gasteiger partial charge < -0.3 is 20.1 Å². The van der Waals surface area contributed by atoms with E-state index >= 15 is 0 Å². The number of carbonyl (C=O) groups excluding carboxylic acids is 3. The first-order valence-electron chi connectivity index (χ1n) is 9.51. The minimum atomic E-state index is -1.03. The lowest BCUT2D eigenvalue weighted by atomic mass is 10.0. The van der Waals surface area contributed by atoms with Crippen LogP contribution in [0.1, 0.15) is 58.8 Å². The summed E-state index contributed by atoms with van der Waals surface area (Å²) in [7, 11) is 0. The lowest BCUT2D eigenvalue weighted by Crippen LogP contribution is -2.21. The molecule has 8 nitrogen and oxygen atoms in total. The van der Waals surface area contributed by atoms with Crippen LogP contribution in [0.3, 0.4) is 0 Å². The van der Waals surface area contributed by atoms with E-state index < -0.39 is 17.9 Å². The number of esters is 2. The van der Waals surface area contributed by atoms with E-state index in [1.165, 1.54) is 6.08 Å². The van der Waals surface area contributed by atoms with E-state index in [9.17, 15) is 19.5 Å². The van der Waals surface area contributed by atoms with Gasteiger partial charge in [0.05, 0.1) is 32.2 Å². The van der Waals surface area contributed by atoms with Gasteiger partial charge in [-0.15, -0.1) is 0 Å². The maximum absolute atomic E-state index is 12.0. The lowest BCUT2D eigenvalue weighted by molar-refractivity contribution is -0.144. The van der Waals surface area contributed by atoms with Gasteiger partial charge in [0.2, 0.25) is 5.78 Å². The van der Waals surface area contributed by atoms with Crippen LogP contribution < -0.4 is 0 Å². The second-order valence-electron chi connectivity index (χ2n) is 5.91. The van der Waals surface area contributed by atoms with E-state index in [-0.39, 0.29) is 37.6 Å². The van der Waals surface area contributed by atoms with Crippen molar-refractivity contribution in [2.24, 2.45) is 0 Å². The van der Waals surface area contributed by atoms with Crippen molar-refractivity contribution < 1.29 is 33.8 Å². The number of rotatable bonds is 15. The predicted octanol–water partition coefficient (Wildman–Crippen LogP) is 2.56. The van der Waals surface area contributed by atoms with Crippen LogP contribution in [-0.2, 0) is 23.9 Å². The molecule has 0 aromatic rings. The lowest BCUT2D eigenvalue weighted by Gasteiger charge is -2.02. The van der Waals surface area contributed by atoms with Crippen LogP contribution >= 0.6 is 0 Å². The highest BCUT2D eigenvalue weighted by Gasteiger charge is 2.23. The molecular formula is C20H30N2O6. The number of nitrogens with zero attached hydrogens (tertiary/aromatic N) is 2. The molecule has 1 unspecified atom stereocenters. The van der Waals surface area contributed by atoms with Crippen LogP contribution in [0.5, 0.6) is 0 Å². The SMILES string of the molecule is CCOC(=O)CCCC/C=C\C=C\C(O)CC(=O)C(CCC(=O)OCC)=[N+]=[N-]. The number of allylic oxidation sites excluding steroid dienone is 3. The van der Waals surface area contributed by atoms with Crippen molar-refractivity contribution in [1.29, 1.82) is 0 Å². The summed E-state index contributed by atoms with van der Waals surface area (Å²) in [5.74, 6) is -1.21. The van der Waals surface area contributed by atoms with Crippen LogP contribution in [0.2, 0.25) is 0 Å². The van der Waals surface area contributed by atoms with Crippen LogP contribution in [-0.4, -0.2) is 52.6 Å². The summed E-state index contributed by atoms with van der Waals surface area (Å²) >= 11 is 0. The van der Waals surface area contributed by atoms with Crippen LogP contribution in [0.25, 0.3) is 5.53 Å². The topological polar surface area (TPSA) is 126 Å². The summed E-state index contributed by atoms with van der Waals surface area (Å²) in [6, 6.07) is 0. The number of ether oxygens (including phenoxy) is 2. The number of Topliss-reactive ketones (excluding diaryl/α,β-unsaturated/α-hetero) is 1. The average molecular weight is 394 g/mol. The van der Waals surface area contributed by atoms with E-state index in [2.05, 4.69) is 4.79 Å². The molecule has 1 N–H and O–H groups in total. The molecule has 0 heterocycles. The molecule has 0 aliphatic carbocycles. The second-order valence-corrected chi connectivity index (χ2v) is 5.91. The fourth-order valence-electron chi connectivity index (χ4n) is 2.21. The summed E-state index contributed by atoms with van der Waals surface area (Å²) in [6.45, 7) is 4.08. The maximum atomic E-state index is 12.0. The van der Waals surface area contributed by atoms with Gasteiger partial charge in [-0.1, -0.05) is 24.3 Å². The Hall–Kier alpha value is -2.57. The maximum Gasteiger partial charge on any atom is 0.335 e. The molecule has 0 saturated carbocycles. The Balaban J connectivity index is 4.11. The van der Waals surface area contributed by atoms with E-state index in [0.717, 1.165) is 19.3 Å². The Kier molecular flexibility index (Phi) is 15.1. The molecule has 0 radical (unpaired) electrons. The zero-order chi connectivity index (χ0) is 21.2. The Morgan fingerprint density at radius 1 is 1.00 bits per heavy atom. The molecule has 156 valence electrons. The normalized spacial score (nSPS) is 12.0. The highest BCUT2D eigenvalue weighted by molar-refractivity contribution is 6.37. The van der Waals surface area contributed by atoms with Crippen LogP contribution in [0, 0.1) is 0 Å². The molecule has 28 heavy (non-hydrogen) atoms. The summed E-state index contributed by atoms with van der Waals surface area (Å²) in [6.07, 6.45) is 8.13. The van der Waals surface area contributed by atoms with Crippen LogP contribution in [0.15, 0.2) is 24.3 Å². The first kappa shape index (κ1) is 25.4. The van der Waals surface area contributed by atoms with Gasteiger partial charge in [-0.2, -0.15) is 4.79 Å². The number of hydrogen-bond donors (Lipinski definition) is 1. The average Bonchev–Trinajstić information content (AvgIpc) is 2.64. The van der Waals surface area contributed by atoms with Crippen LogP contribution in [0.4, 0.5) is 0 Å². The van der Waals surface area contributed by atoms with Gasteiger partial charge in [-0.3, -0.25) is 14.4 Å². The summed E-state index contributed by atoms with van der Waals surface area (Å²) < 4.78 is 9.58. The Labute approximate surface area is 165 Å². The van der Waals surface area contributed by atoms with E-state index in [0.29, 0.717) is 13.0 Å². The third kappa shape index (κ3) is 13.6. The quantitative estimate of drug-likeness (QED) is 0.114. The largest absolute Gasteiger partial charge is 0.466 e. The molecule has 0 aliphatic rings. The third-order valence-corrected chi connectivity index (χ3v) is 3.60. The zero-order valence-electron chi connectivity index (χ0n) is 16.6. The van der Waals surface area contributed by atoms with Gasteiger partial charge in [-0.25, -0.2) is 0 Å². The van der Waals surface area contributed by atoms with Crippen molar-refractivity contribution in [1.82, 2.24) is 0 Å². The van der Waals surface area contributed by atoms with E-state index in [1.54, 1.807) is 26.0 Å². The van der Waals surface area contributed by atoms with E-state index in [4.69, 9.17) is 15.0 Å². The molecule has 1 atom stereocenters. The van der Waals surface area contributed by atoms with Gasteiger partial charge in [0.1, 0.15) is 0 Å². The van der Waals surface area contributed by atoms with Gasteiger partial charge in [-0.05, 0) is 33.1 Å². The fraction of sp³-hybridized carbons (Fsp3) is 0.600. The highest BCUT2D eigenvalue weighted by atomic mass is 16.5. The van der Waals surface area contributed by atoms with E-state index in [1.807, 2.05) is 6.08 Å². The predicted molar refractivity (Wildman–Crippen MR) is 104 cm³/mol. The van der Waals surface area contributed by atoms with Crippen molar-refractivity contribution in [3.05, 3.63) is 29.8 Å². The number of carbonyl (C=O) groups is 3. The van der Waals surface area contributed by atoms with Crippen molar-refractivity contribution in [2.75, 3.05) is 13.2 Å². The summed E-state index contributed by atoms with van der Waals surface area (Å²) in [5, 5.41) is 9.86. The van der Waals surface area contributed by atoms with Crippen molar-refractivity contribution in [2.45, 2.75) is 64.9 Å². The number of unbranched alkanes of at least 4 members (excludes halogenated alkanes) is 2. The Morgan fingerprint density at radius 2 is 1.64 bits per heavy atom. The van der Waals surface area contributed by atoms with Gasteiger partial charge in [0.15, 0.2) is 0 Å². The Morgan fingerprint density at radius 3 is 2.25 bits per heavy atom. The smallest absolute Gasteiger partial charge is 0.335 e. The van der Waals surface area contributed by atoms with Crippen molar-refractivity contribution in [3.63, 3.8) is 0 Å². The highest BCUT2D eigenvalue weighted by Crippen LogP contribution is 2.04. The van der Waals surface area contributed by atoms with Gasteiger partial charge in [0, 0.05) is 12.8 Å². The van der Waals surface area contributed by atoms with Gasteiger partial charge >= 0.3 is 17.7 Å².